The lowest BCUT2D eigenvalue weighted by atomic mass is 9.73. The first kappa shape index (κ1) is 17.0. The van der Waals surface area contributed by atoms with Crippen LogP contribution in [0.5, 0.6) is 0 Å². The van der Waals surface area contributed by atoms with E-state index < -0.39 is 0 Å². The predicted molar refractivity (Wildman–Crippen MR) is 83.5 cm³/mol. The highest BCUT2D eigenvalue weighted by Gasteiger charge is 2.30. The molecule has 19 heavy (non-hydrogen) atoms. The first-order valence-electron chi connectivity index (χ1n) is 8.37. The summed E-state index contributed by atoms with van der Waals surface area (Å²) >= 11 is 0. The quantitative estimate of drug-likeness (QED) is 0.711. The minimum atomic E-state index is 0.366. The molecule has 0 aromatic rings. The summed E-state index contributed by atoms with van der Waals surface area (Å²) in [4.78, 5) is 0. The number of ether oxygens (including phenoxy) is 1. The normalized spacial score (nSPS) is 28.3. The first-order valence-corrected chi connectivity index (χ1v) is 8.37. The third kappa shape index (κ3) is 6.76. The van der Waals surface area contributed by atoms with Gasteiger partial charge in [-0.25, -0.2) is 0 Å². The van der Waals surface area contributed by atoms with E-state index in [1.165, 1.54) is 38.6 Å². The molecule has 0 bridgehead atoms. The Labute approximate surface area is 120 Å². The van der Waals surface area contributed by atoms with E-state index in [9.17, 15) is 0 Å². The van der Waals surface area contributed by atoms with E-state index >= 15 is 0 Å². The largest absolute Gasteiger partial charge is 0.378 e. The summed E-state index contributed by atoms with van der Waals surface area (Å²) in [6.07, 6.45) is 7.29. The van der Waals surface area contributed by atoms with Crippen LogP contribution in [0.15, 0.2) is 0 Å². The van der Waals surface area contributed by atoms with Gasteiger partial charge in [0.05, 0.1) is 12.7 Å². The monoisotopic (exact) mass is 269 g/mol. The minimum absolute atomic E-state index is 0.366. The molecule has 114 valence electrons. The van der Waals surface area contributed by atoms with Crippen LogP contribution in [-0.2, 0) is 4.74 Å². The van der Waals surface area contributed by atoms with Crippen molar-refractivity contribution in [3.63, 3.8) is 0 Å². The molecule has 3 atom stereocenters. The lowest BCUT2D eigenvalue weighted by molar-refractivity contribution is 0.0113. The molecule has 0 radical (unpaired) electrons. The fraction of sp³-hybridized carbons (Fsp3) is 1.00. The van der Waals surface area contributed by atoms with Crippen molar-refractivity contribution < 1.29 is 4.74 Å². The van der Waals surface area contributed by atoms with E-state index in [2.05, 4.69) is 39.9 Å². The van der Waals surface area contributed by atoms with E-state index in [1.807, 2.05) is 0 Å². The van der Waals surface area contributed by atoms with Gasteiger partial charge >= 0.3 is 0 Å². The molecule has 1 aliphatic rings. The Morgan fingerprint density at radius 2 is 1.84 bits per heavy atom. The second kappa shape index (κ2) is 8.97. The van der Waals surface area contributed by atoms with Crippen LogP contribution in [0, 0.1) is 17.8 Å². The van der Waals surface area contributed by atoms with Crippen LogP contribution in [0.2, 0.25) is 0 Å². The molecular formula is C17H35NO. The van der Waals surface area contributed by atoms with Crippen LogP contribution in [0.25, 0.3) is 0 Å². The predicted octanol–water partition coefficient (Wildman–Crippen LogP) is 4.24. The summed E-state index contributed by atoms with van der Waals surface area (Å²) in [6.45, 7) is 13.2. The molecule has 0 saturated heterocycles. The Hall–Kier alpha value is -0.0800. The van der Waals surface area contributed by atoms with Crippen molar-refractivity contribution in [1.29, 1.82) is 0 Å². The SMILES string of the molecule is CCCC1CCC(CNC(C)C)C(COC(C)C)C1. The molecule has 1 aliphatic carbocycles. The second-order valence-electron chi connectivity index (χ2n) is 6.93. The maximum atomic E-state index is 5.92. The van der Waals surface area contributed by atoms with Crippen LogP contribution < -0.4 is 5.32 Å². The molecule has 1 N–H and O–H groups in total. The molecule has 1 rings (SSSR count). The fourth-order valence-electron chi connectivity index (χ4n) is 3.27. The summed E-state index contributed by atoms with van der Waals surface area (Å²) < 4.78 is 5.92. The van der Waals surface area contributed by atoms with Crippen LogP contribution in [0.1, 0.15) is 66.7 Å². The molecule has 3 unspecified atom stereocenters. The number of nitrogens with one attached hydrogen (secondary N) is 1. The van der Waals surface area contributed by atoms with E-state index in [0.717, 1.165) is 24.4 Å². The average molecular weight is 269 g/mol. The van der Waals surface area contributed by atoms with Gasteiger partial charge < -0.3 is 10.1 Å². The maximum absolute atomic E-state index is 5.92. The minimum Gasteiger partial charge on any atom is -0.378 e. The molecular weight excluding hydrogens is 234 g/mol. The summed E-state index contributed by atoms with van der Waals surface area (Å²) in [5.74, 6) is 2.52. The molecule has 2 nitrogen and oxygen atoms in total. The van der Waals surface area contributed by atoms with Crippen molar-refractivity contribution in [2.45, 2.75) is 78.9 Å². The highest BCUT2D eigenvalue weighted by molar-refractivity contribution is 4.82. The Bertz CT molecular complexity index is 227. The van der Waals surface area contributed by atoms with Crippen molar-refractivity contribution in [1.82, 2.24) is 5.32 Å². The molecule has 1 saturated carbocycles. The average Bonchev–Trinajstić information content (AvgIpc) is 2.35. The van der Waals surface area contributed by atoms with Gasteiger partial charge in [0.1, 0.15) is 0 Å². The van der Waals surface area contributed by atoms with Crippen molar-refractivity contribution in [2.24, 2.45) is 17.8 Å². The summed E-state index contributed by atoms with van der Waals surface area (Å²) in [5, 5.41) is 3.62. The van der Waals surface area contributed by atoms with Gasteiger partial charge in [-0.2, -0.15) is 0 Å². The summed E-state index contributed by atoms with van der Waals surface area (Å²) in [7, 11) is 0. The molecule has 0 amide bonds. The molecule has 0 aromatic heterocycles. The molecule has 2 heteroatoms. The van der Waals surface area contributed by atoms with Gasteiger partial charge in [0.2, 0.25) is 0 Å². The summed E-state index contributed by atoms with van der Waals surface area (Å²) in [6, 6.07) is 0.597. The number of rotatable bonds is 8. The van der Waals surface area contributed by atoms with E-state index in [0.29, 0.717) is 12.1 Å². The van der Waals surface area contributed by atoms with Gasteiger partial charge in [-0.05, 0) is 51.0 Å². The molecule has 0 spiro atoms. The highest BCUT2D eigenvalue weighted by Crippen LogP contribution is 2.36. The van der Waals surface area contributed by atoms with Crippen molar-refractivity contribution in [2.75, 3.05) is 13.2 Å². The second-order valence-corrected chi connectivity index (χ2v) is 6.93. The van der Waals surface area contributed by atoms with Crippen LogP contribution >= 0.6 is 0 Å². The maximum Gasteiger partial charge on any atom is 0.0519 e. The van der Waals surface area contributed by atoms with E-state index in [1.54, 1.807) is 0 Å². The molecule has 0 aromatic carbocycles. The van der Waals surface area contributed by atoms with Crippen molar-refractivity contribution >= 4 is 0 Å². The van der Waals surface area contributed by atoms with Gasteiger partial charge in [0.25, 0.3) is 0 Å². The van der Waals surface area contributed by atoms with Crippen LogP contribution in [0.3, 0.4) is 0 Å². The van der Waals surface area contributed by atoms with Crippen LogP contribution in [0.4, 0.5) is 0 Å². The van der Waals surface area contributed by atoms with Crippen molar-refractivity contribution in [3.05, 3.63) is 0 Å². The van der Waals surface area contributed by atoms with Crippen LogP contribution in [-0.4, -0.2) is 25.3 Å². The van der Waals surface area contributed by atoms with Crippen molar-refractivity contribution in [3.8, 4) is 0 Å². The van der Waals surface area contributed by atoms with Gasteiger partial charge in [-0.1, -0.05) is 40.0 Å². The standard InChI is InChI=1S/C17H35NO/c1-6-7-15-8-9-16(11-18-13(2)3)17(10-15)12-19-14(4)5/h13-18H,6-12H2,1-5H3. The van der Waals surface area contributed by atoms with Gasteiger partial charge in [-0.3, -0.25) is 0 Å². The van der Waals surface area contributed by atoms with E-state index in [-0.39, 0.29) is 0 Å². The van der Waals surface area contributed by atoms with E-state index in [4.69, 9.17) is 4.74 Å². The smallest absolute Gasteiger partial charge is 0.0519 e. The summed E-state index contributed by atoms with van der Waals surface area (Å²) in [5.41, 5.74) is 0. The highest BCUT2D eigenvalue weighted by atomic mass is 16.5. The molecule has 0 aliphatic heterocycles. The topological polar surface area (TPSA) is 21.3 Å². The van der Waals surface area contributed by atoms with Gasteiger partial charge in [-0.15, -0.1) is 0 Å². The number of hydrogen-bond acceptors (Lipinski definition) is 2. The molecule has 1 fully saturated rings. The third-order valence-electron chi connectivity index (χ3n) is 4.38. The number of hydrogen-bond donors (Lipinski definition) is 1. The van der Waals surface area contributed by atoms with Gasteiger partial charge in [0.15, 0.2) is 0 Å². The first-order chi connectivity index (χ1) is 9.02. The Morgan fingerprint density at radius 3 is 2.42 bits per heavy atom. The zero-order valence-corrected chi connectivity index (χ0v) is 13.7. The zero-order valence-electron chi connectivity index (χ0n) is 13.7. The Kier molecular flexibility index (Phi) is 8.01. The lowest BCUT2D eigenvalue weighted by Gasteiger charge is -2.37. The Balaban J connectivity index is 2.46. The van der Waals surface area contributed by atoms with Gasteiger partial charge in [0, 0.05) is 6.04 Å². The lowest BCUT2D eigenvalue weighted by Crippen LogP contribution is -2.38. The fourth-order valence-corrected chi connectivity index (χ4v) is 3.27. The zero-order chi connectivity index (χ0) is 14.3. The third-order valence-corrected chi connectivity index (χ3v) is 4.38. The molecule has 0 heterocycles. The Morgan fingerprint density at radius 1 is 1.11 bits per heavy atom.